The molecule has 0 saturated heterocycles. The standard InChI is InChI=1S/C10H10ClFO3/c1-6(10(13)14)15-5-7-3-2-4-8(12)9(7)11/h2-4,6H,5H2,1H3,(H,13,14)/t6-/m0/s1. The van der Waals surface area contributed by atoms with E-state index in [0.29, 0.717) is 5.56 Å². The molecule has 0 aliphatic heterocycles. The second-order valence-corrected chi connectivity index (χ2v) is 3.38. The predicted molar refractivity (Wildman–Crippen MR) is 53.3 cm³/mol. The molecule has 0 aliphatic rings. The Morgan fingerprint density at radius 3 is 2.93 bits per heavy atom. The molecule has 1 rings (SSSR count). The van der Waals surface area contributed by atoms with Crippen LogP contribution in [-0.2, 0) is 16.1 Å². The number of aliphatic carboxylic acids is 1. The summed E-state index contributed by atoms with van der Waals surface area (Å²) in [6, 6.07) is 4.30. The van der Waals surface area contributed by atoms with Gasteiger partial charge in [-0.25, -0.2) is 9.18 Å². The van der Waals surface area contributed by atoms with Crippen molar-refractivity contribution in [1.82, 2.24) is 0 Å². The number of halogens is 2. The number of carbonyl (C=O) groups is 1. The maximum absolute atomic E-state index is 13.0. The Bertz CT molecular complexity index is 368. The summed E-state index contributed by atoms with van der Waals surface area (Å²) in [5.41, 5.74) is 0.435. The maximum Gasteiger partial charge on any atom is 0.332 e. The van der Waals surface area contributed by atoms with Crippen molar-refractivity contribution in [2.45, 2.75) is 19.6 Å². The summed E-state index contributed by atoms with van der Waals surface area (Å²) in [4.78, 5) is 10.4. The van der Waals surface area contributed by atoms with E-state index in [-0.39, 0.29) is 11.6 Å². The minimum Gasteiger partial charge on any atom is -0.479 e. The minimum absolute atomic E-state index is 0.0237. The molecule has 0 saturated carbocycles. The third kappa shape index (κ3) is 3.18. The van der Waals surface area contributed by atoms with Gasteiger partial charge in [0.15, 0.2) is 6.10 Å². The highest BCUT2D eigenvalue weighted by Gasteiger charge is 2.12. The van der Waals surface area contributed by atoms with Gasteiger partial charge in [0, 0.05) is 0 Å². The van der Waals surface area contributed by atoms with Gasteiger partial charge in [0.2, 0.25) is 0 Å². The molecule has 0 bridgehead atoms. The molecular formula is C10H10ClFO3. The van der Waals surface area contributed by atoms with Crippen molar-refractivity contribution in [3.05, 3.63) is 34.6 Å². The van der Waals surface area contributed by atoms with Gasteiger partial charge < -0.3 is 9.84 Å². The highest BCUT2D eigenvalue weighted by Crippen LogP contribution is 2.20. The molecule has 0 aliphatic carbocycles. The lowest BCUT2D eigenvalue weighted by molar-refractivity contribution is -0.149. The fourth-order valence-electron chi connectivity index (χ4n) is 0.946. The minimum atomic E-state index is -1.07. The average molecular weight is 233 g/mol. The van der Waals surface area contributed by atoms with Gasteiger partial charge in [-0.1, -0.05) is 23.7 Å². The average Bonchev–Trinajstić information content (AvgIpc) is 2.19. The van der Waals surface area contributed by atoms with Crippen LogP contribution < -0.4 is 0 Å². The number of ether oxygens (including phenoxy) is 1. The van der Waals surface area contributed by atoms with Crippen molar-refractivity contribution in [3.8, 4) is 0 Å². The lowest BCUT2D eigenvalue weighted by Crippen LogP contribution is -2.19. The number of hydrogen-bond acceptors (Lipinski definition) is 2. The number of benzene rings is 1. The number of carboxylic acids is 1. The van der Waals surface area contributed by atoms with Crippen LogP contribution >= 0.6 is 11.6 Å². The molecule has 0 radical (unpaired) electrons. The van der Waals surface area contributed by atoms with Crippen LogP contribution in [0, 0.1) is 5.82 Å². The van der Waals surface area contributed by atoms with Gasteiger partial charge >= 0.3 is 5.97 Å². The van der Waals surface area contributed by atoms with E-state index in [1.165, 1.54) is 19.1 Å². The first kappa shape index (κ1) is 11.9. The van der Waals surface area contributed by atoms with Crippen molar-refractivity contribution in [2.75, 3.05) is 0 Å². The molecule has 0 fully saturated rings. The Kier molecular flexibility index (Phi) is 4.05. The smallest absolute Gasteiger partial charge is 0.332 e. The van der Waals surface area contributed by atoms with Gasteiger partial charge in [-0.15, -0.1) is 0 Å². The fourth-order valence-corrected chi connectivity index (χ4v) is 1.13. The molecular weight excluding hydrogens is 223 g/mol. The first-order valence-corrected chi connectivity index (χ1v) is 4.67. The van der Waals surface area contributed by atoms with Crippen LogP contribution in [0.15, 0.2) is 18.2 Å². The van der Waals surface area contributed by atoms with Gasteiger partial charge in [-0.3, -0.25) is 0 Å². The monoisotopic (exact) mass is 232 g/mol. The van der Waals surface area contributed by atoms with Crippen LogP contribution in [0.1, 0.15) is 12.5 Å². The first-order valence-electron chi connectivity index (χ1n) is 4.29. The predicted octanol–water partition coefficient (Wildman–Crippen LogP) is 2.47. The second-order valence-electron chi connectivity index (χ2n) is 3.00. The summed E-state index contributed by atoms with van der Waals surface area (Å²) in [5.74, 6) is -1.61. The summed E-state index contributed by atoms with van der Waals surface area (Å²) >= 11 is 5.65. The summed E-state index contributed by atoms with van der Waals surface area (Å²) in [6.07, 6.45) is -0.940. The highest BCUT2D eigenvalue weighted by molar-refractivity contribution is 6.31. The third-order valence-corrected chi connectivity index (χ3v) is 2.29. The van der Waals surface area contributed by atoms with E-state index in [1.807, 2.05) is 0 Å². The molecule has 15 heavy (non-hydrogen) atoms. The Balaban J connectivity index is 2.66. The summed E-state index contributed by atoms with van der Waals surface area (Å²) in [6.45, 7) is 1.37. The molecule has 1 aromatic carbocycles. The fraction of sp³-hybridized carbons (Fsp3) is 0.300. The summed E-state index contributed by atoms with van der Waals surface area (Å²) in [5, 5.41) is 8.52. The second kappa shape index (κ2) is 5.09. The Hall–Kier alpha value is -1.13. The quantitative estimate of drug-likeness (QED) is 0.868. The third-order valence-electron chi connectivity index (χ3n) is 1.87. The molecule has 82 valence electrons. The van der Waals surface area contributed by atoms with E-state index < -0.39 is 17.9 Å². The maximum atomic E-state index is 13.0. The zero-order valence-corrected chi connectivity index (χ0v) is 8.79. The molecule has 0 spiro atoms. The summed E-state index contributed by atoms with van der Waals surface area (Å²) < 4.78 is 17.9. The van der Waals surface area contributed by atoms with Crippen LogP contribution in [0.3, 0.4) is 0 Å². The van der Waals surface area contributed by atoms with E-state index >= 15 is 0 Å². The largest absolute Gasteiger partial charge is 0.479 e. The molecule has 1 N–H and O–H groups in total. The molecule has 0 heterocycles. The summed E-state index contributed by atoms with van der Waals surface area (Å²) in [7, 11) is 0. The lowest BCUT2D eigenvalue weighted by Gasteiger charge is -2.09. The molecule has 3 nitrogen and oxygen atoms in total. The van der Waals surface area contributed by atoms with Gasteiger partial charge in [-0.05, 0) is 18.6 Å². The molecule has 0 aromatic heterocycles. The van der Waals surface area contributed by atoms with Crippen molar-refractivity contribution in [1.29, 1.82) is 0 Å². The van der Waals surface area contributed by atoms with E-state index in [0.717, 1.165) is 0 Å². The number of hydrogen-bond donors (Lipinski definition) is 1. The van der Waals surface area contributed by atoms with Crippen molar-refractivity contribution in [3.63, 3.8) is 0 Å². The van der Waals surface area contributed by atoms with Crippen LogP contribution in [0.25, 0.3) is 0 Å². The van der Waals surface area contributed by atoms with Crippen molar-refractivity contribution in [2.24, 2.45) is 0 Å². The topological polar surface area (TPSA) is 46.5 Å². The van der Waals surface area contributed by atoms with Crippen LogP contribution in [0.5, 0.6) is 0 Å². The zero-order valence-electron chi connectivity index (χ0n) is 8.04. The number of rotatable bonds is 4. The van der Waals surface area contributed by atoms with Gasteiger partial charge in [0.1, 0.15) is 5.82 Å². The van der Waals surface area contributed by atoms with Crippen LogP contribution in [0.4, 0.5) is 4.39 Å². The van der Waals surface area contributed by atoms with Gasteiger partial charge in [0.25, 0.3) is 0 Å². The molecule has 5 heteroatoms. The number of carboxylic acid groups (broad SMARTS) is 1. The lowest BCUT2D eigenvalue weighted by atomic mass is 10.2. The van der Waals surface area contributed by atoms with Gasteiger partial charge in [0.05, 0.1) is 11.6 Å². The molecule has 0 amide bonds. The first-order chi connectivity index (χ1) is 7.02. The van der Waals surface area contributed by atoms with E-state index in [4.69, 9.17) is 21.4 Å². The van der Waals surface area contributed by atoms with E-state index in [9.17, 15) is 9.18 Å². The molecule has 1 atom stereocenters. The SMILES string of the molecule is C[C@H](OCc1cccc(F)c1Cl)C(=O)O. The van der Waals surface area contributed by atoms with E-state index in [1.54, 1.807) is 6.07 Å². The highest BCUT2D eigenvalue weighted by atomic mass is 35.5. The Morgan fingerprint density at radius 2 is 2.33 bits per heavy atom. The normalized spacial score (nSPS) is 12.5. The van der Waals surface area contributed by atoms with Crippen molar-refractivity contribution >= 4 is 17.6 Å². The molecule has 1 aromatic rings. The molecule has 0 unspecified atom stereocenters. The Morgan fingerprint density at radius 1 is 1.67 bits per heavy atom. The van der Waals surface area contributed by atoms with Gasteiger partial charge in [-0.2, -0.15) is 0 Å². The van der Waals surface area contributed by atoms with Crippen molar-refractivity contribution < 1.29 is 19.0 Å². The van der Waals surface area contributed by atoms with Crippen LogP contribution in [0.2, 0.25) is 5.02 Å². The van der Waals surface area contributed by atoms with E-state index in [2.05, 4.69) is 0 Å². The Labute approximate surface area is 91.4 Å². The van der Waals surface area contributed by atoms with Crippen LogP contribution in [-0.4, -0.2) is 17.2 Å². The zero-order chi connectivity index (χ0) is 11.4.